The summed E-state index contributed by atoms with van der Waals surface area (Å²) >= 11 is 0. The quantitative estimate of drug-likeness (QED) is 0.851. The Morgan fingerprint density at radius 2 is 1.74 bits per heavy atom. The molecule has 2 aliphatic rings. The Morgan fingerprint density at radius 1 is 1.15 bits per heavy atom. The van der Waals surface area contributed by atoms with Gasteiger partial charge in [0.25, 0.3) is 0 Å². The average molecular weight is 373 g/mol. The van der Waals surface area contributed by atoms with E-state index in [9.17, 15) is 9.59 Å². The first-order chi connectivity index (χ1) is 12.6. The number of hydrogen-bond acceptors (Lipinski definition) is 4. The molecule has 2 N–H and O–H groups in total. The molecule has 0 saturated carbocycles. The van der Waals surface area contributed by atoms with Crippen LogP contribution in [0.2, 0.25) is 0 Å². The van der Waals surface area contributed by atoms with E-state index in [1.54, 1.807) is 12.0 Å². The van der Waals surface area contributed by atoms with Crippen molar-refractivity contribution in [1.82, 2.24) is 10.6 Å². The number of anilines is 1. The van der Waals surface area contributed by atoms with Crippen LogP contribution >= 0.6 is 0 Å². The minimum absolute atomic E-state index is 0.00807. The fourth-order valence-electron chi connectivity index (χ4n) is 4.64. The zero-order chi connectivity index (χ0) is 19.8. The van der Waals surface area contributed by atoms with Crippen molar-refractivity contribution >= 4 is 17.5 Å². The minimum Gasteiger partial charge on any atom is -0.497 e. The number of hydrogen-bond donors (Lipinski definition) is 2. The zero-order valence-corrected chi connectivity index (χ0v) is 17.0. The molecule has 2 fully saturated rings. The van der Waals surface area contributed by atoms with Gasteiger partial charge in [0.05, 0.1) is 13.0 Å². The lowest BCUT2D eigenvalue weighted by Crippen LogP contribution is -2.62. The van der Waals surface area contributed by atoms with Gasteiger partial charge in [-0.3, -0.25) is 9.59 Å². The summed E-state index contributed by atoms with van der Waals surface area (Å²) < 4.78 is 5.16. The van der Waals surface area contributed by atoms with E-state index in [-0.39, 0.29) is 41.3 Å². The van der Waals surface area contributed by atoms with Gasteiger partial charge in [-0.15, -0.1) is 0 Å². The smallest absolute Gasteiger partial charge is 0.227 e. The van der Waals surface area contributed by atoms with Gasteiger partial charge < -0.3 is 20.3 Å². The molecule has 0 aromatic heterocycles. The maximum Gasteiger partial charge on any atom is 0.227 e. The second kappa shape index (κ2) is 7.15. The number of nitrogens with one attached hydrogen (secondary N) is 2. The number of benzene rings is 1. The van der Waals surface area contributed by atoms with Crippen molar-refractivity contribution in [3.8, 4) is 5.75 Å². The van der Waals surface area contributed by atoms with Crippen molar-refractivity contribution in [2.24, 2.45) is 5.92 Å². The second-order valence-electron chi connectivity index (χ2n) is 9.11. The third-order valence-corrected chi connectivity index (χ3v) is 5.42. The number of carbonyl (C=O) groups is 2. The highest BCUT2D eigenvalue weighted by molar-refractivity contribution is 6.00. The number of ether oxygens (including phenoxy) is 1. The van der Waals surface area contributed by atoms with E-state index >= 15 is 0 Å². The van der Waals surface area contributed by atoms with Gasteiger partial charge in [0.15, 0.2) is 0 Å². The molecule has 6 nitrogen and oxygen atoms in total. The molecule has 1 aromatic rings. The third-order valence-electron chi connectivity index (χ3n) is 5.42. The van der Waals surface area contributed by atoms with Gasteiger partial charge in [0, 0.05) is 35.8 Å². The standard InChI is InChI=1S/C21H31N3O3/c1-20(2)11-15(12-21(3,4)23-20)22-19(26)14-10-18(25)24(13-14)16-6-8-17(27-5)9-7-16/h6-9,14-15,23H,10-13H2,1-5H3,(H,22,26)/t14-/m0/s1. The number of rotatable bonds is 4. The number of methoxy groups -OCH3 is 1. The van der Waals surface area contributed by atoms with Gasteiger partial charge in [-0.1, -0.05) is 0 Å². The summed E-state index contributed by atoms with van der Waals surface area (Å²) in [5.74, 6) is 0.417. The van der Waals surface area contributed by atoms with Crippen molar-refractivity contribution in [2.75, 3.05) is 18.6 Å². The maximum atomic E-state index is 12.8. The van der Waals surface area contributed by atoms with Crippen LogP contribution in [-0.4, -0.2) is 42.6 Å². The topological polar surface area (TPSA) is 70.7 Å². The van der Waals surface area contributed by atoms with E-state index in [2.05, 4.69) is 38.3 Å². The van der Waals surface area contributed by atoms with E-state index < -0.39 is 0 Å². The van der Waals surface area contributed by atoms with E-state index in [4.69, 9.17) is 4.74 Å². The minimum atomic E-state index is -0.305. The van der Waals surface area contributed by atoms with Gasteiger partial charge in [0.1, 0.15) is 5.75 Å². The lowest BCUT2D eigenvalue weighted by molar-refractivity contribution is -0.127. The first kappa shape index (κ1) is 19.7. The molecule has 0 radical (unpaired) electrons. The summed E-state index contributed by atoms with van der Waals surface area (Å²) in [6.07, 6.45) is 2.02. The molecule has 0 aliphatic carbocycles. The second-order valence-corrected chi connectivity index (χ2v) is 9.11. The predicted molar refractivity (Wildman–Crippen MR) is 106 cm³/mol. The Bertz CT molecular complexity index is 696. The third kappa shape index (κ3) is 4.61. The Labute approximate surface area is 161 Å². The molecule has 2 aliphatic heterocycles. The molecular formula is C21H31N3O3. The van der Waals surface area contributed by atoms with Gasteiger partial charge in [0.2, 0.25) is 11.8 Å². The number of amides is 2. The molecule has 1 atom stereocenters. The van der Waals surface area contributed by atoms with Crippen LogP contribution in [0, 0.1) is 5.92 Å². The zero-order valence-electron chi connectivity index (χ0n) is 17.0. The lowest BCUT2D eigenvalue weighted by atomic mass is 9.79. The molecule has 1 aromatic carbocycles. The van der Waals surface area contributed by atoms with E-state index in [0.29, 0.717) is 6.54 Å². The molecule has 0 bridgehead atoms. The Hall–Kier alpha value is -2.08. The highest BCUT2D eigenvalue weighted by Crippen LogP contribution is 2.30. The Morgan fingerprint density at radius 3 is 2.30 bits per heavy atom. The number of nitrogens with zero attached hydrogens (tertiary/aromatic N) is 1. The van der Waals surface area contributed by atoms with E-state index in [1.165, 1.54) is 0 Å². The first-order valence-corrected chi connectivity index (χ1v) is 9.63. The van der Waals surface area contributed by atoms with Gasteiger partial charge in [-0.25, -0.2) is 0 Å². The van der Waals surface area contributed by atoms with Crippen molar-refractivity contribution in [2.45, 2.75) is 64.1 Å². The summed E-state index contributed by atoms with van der Waals surface area (Å²) in [5, 5.41) is 6.83. The van der Waals surface area contributed by atoms with E-state index in [1.807, 2.05) is 24.3 Å². The Balaban J connectivity index is 1.63. The lowest BCUT2D eigenvalue weighted by Gasteiger charge is -2.46. The molecule has 6 heteroatoms. The fourth-order valence-corrected chi connectivity index (χ4v) is 4.64. The van der Waals surface area contributed by atoms with Crippen LogP contribution in [-0.2, 0) is 9.59 Å². The fraction of sp³-hybridized carbons (Fsp3) is 0.619. The SMILES string of the molecule is COc1ccc(N2C[C@@H](C(=O)NC3CC(C)(C)NC(C)(C)C3)CC2=O)cc1. The highest BCUT2D eigenvalue weighted by atomic mass is 16.5. The van der Waals surface area contributed by atoms with Crippen LogP contribution in [0.3, 0.4) is 0 Å². The summed E-state index contributed by atoms with van der Waals surface area (Å²) in [6, 6.07) is 7.49. The first-order valence-electron chi connectivity index (χ1n) is 9.63. The average Bonchev–Trinajstić information content (AvgIpc) is 2.94. The predicted octanol–water partition coefficient (Wildman–Crippen LogP) is 2.47. The molecule has 2 saturated heterocycles. The molecule has 0 unspecified atom stereocenters. The summed E-state index contributed by atoms with van der Waals surface area (Å²) in [5.41, 5.74) is 0.751. The molecule has 27 heavy (non-hydrogen) atoms. The van der Waals surface area contributed by atoms with Crippen molar-refractivity contribution < 1.29 is 14.3 Å². The van der Waals surface area contributed by atoms with Crippen molar-refractivity contribution in [1.29, 1.82) is 0 Å². The van der Waals surface area contributed by atoms with E-state index in [0.717, 1.165) is 24.3 Å². The molecule has 0 spiro atoms. The van der Waals surface area contributed by atoms with Crippen LogP contribution in [0.15, 0.2) is 24.3 Å². The summed E-state index contributed by atoms with van der Waals surface area (Å²) in [4.78, 5) is 27.0. The van der Waals surface area contributed by atoms with Crippen LogP contribution in [0.25, 0.3) is 0 Å². The van der Waals surface area contributed by atoms with Crippen LogP contribution in [0.1, 0.15) is 47.0 Å². The van der Waals surface area contributed by atoms with Crippen molar-refractivity contribution in [3.63, 3.8) is 0 Å². The van der Waals surface area contributed by atoms with Crippen LogP contribution in [0.4, 0.5) is 5.69 Å². The maximum absolute atomic E-state index is 12.8. The van der Waals surface area contributed by atoms with Gasteiger partial charge in [-0.05, 0) is 64.8 Å². The molecule has 148 valence electrons. The number of piperidine rings is 1. The molecule has 2 amide bonds. The van der Waals surface area contributed by atoms with Crippen LogP contribution in [0.5, 0.6) is 5.75 Å². The van der Waals surface area contributed by atoms with Crippen molar-refractivity contribution in [3.05, 3.63) is 24.3 Å². The van der Waals surface area contributed by atoms with Gasteiger partial charge in [-0.2, -0.15) is 0 Å². The molecule has 3 rings (SSSR count). The molecule has 2 heterocycles. The summed E-state index contributed by atoms with van der Waals surface area (Å²) in [7, 11) is 1.61. The number of carbonyl (C=O) groups excluding carboxylic acids is 2. The normalized spacial score (nSPS) is 24.7. The van der Waals surface area contributed by atoms with Crippen LogP contribution < -0.4 is 20.3 Å². The Kier molecular flexibility index (Phi) is 5.21. The monoisotopic (exact) mass is 373 g/mol. The van der Waals surface area contributed by atoms with Gasteiger partial charge >= 0.3 is 0 Å². The molecular weight excluding hydrogens is 342 g/mol. The summed E-state index contributed by atoms with van der Waals surface area (Å²) in [6.45, 7) is 9.08. The highest BCUT2D eigenvalue weighted by Gasteiger charge is 2.40. The largest absolute Gasteiger partial charge is 0.497 e.